The van der Waals surface area contributed by atoms with Crippen molar-refractivity contribution in [1.82, 2.24) is 5.32 Å². The summed E-state index contributed by atoms with van der Waals surface area (Å²) in [6.45, 7) is 9.61. The maximum Gasteiger partial charge on any atom is 0.0438 e. The van der Waals surface area contributed by atoms with Gasteiger partial charge in [0.25, 0.3) is 0 Å². The number of aryl methyl sites for hydroxylation is 2. The van der Waals surface area contributed by atoms with Crippen LogP contribution in [-0.4, -0.2) is 13.1 Å². The Morgan fingerprint density at radius 2 is 1.48 bits per heavy atom. The Labute approximate surface area is 150 Å². The molecule has 0 atom stereocenters. The maximum absolute atomic E-state index is 6.34. The Kier molecular flexibility index (Phi) is 6.95. The normalized spacial score (nSPS) is 11.2. The highest BCUT2D eigenvalue weighted by atomic mass is 35.5. The van der Waals surface area contributed by atoms with Crippen LogP contribution in [0.4, 0.5) is 0 Å². The number of halogens is 2. The summed E-state index contributed by atoms with van der Waals surface area (Å²) in [5, 5.41) is 4.93. The van der Waals surface area contributed by atoms with E-state index in [9.17, 15) is 0 Å². The number of hydrogen-bond donors (Lipinski definition) is 1. The molecule has 0 aromatic heterocycles. The summed E-state index contributed by atoms with van der Waals surface area (Å²) >= 11 is 12.7. The van der Waals surface area contributed by atoms with Crippen molar-refractivity contribution >= 4 is 23.2 Å². The van der Waals surface area contributed by atoms with Crippen molar-refractivity contribution in [3.05, 3.63) is 75.6 Å². The molecule has 0 aliphatic rings. The molecule has 0 aliphatic heterocycles. The lowest BCUT2D eigenvalue weighted by molar-refractivity contribution is 0.614. The summed E-state index contributed by atoms with van der Waals surface area (Å²) in [4.78, 5) is 0. The fourth-order valence-electron chi connectivity index (χ4n) is 2.73. The molecule has 123 valence electrons. The quantitative estimate of drug-likeness (QED) is 0.610. The molecule has 23 heavy (non-hydrogen) atoms. The van der Waals surface area contributed by atoms with E-state index in [1.165, 1.54) is 11.1 Å². The third kappa shape index (κ3) is 4.97. The first kappa shape index (κ1) is 18.3. The molecule has 1 N–H and O–H groups in total. The molecule has 2 aromatic rings. The summed E-state index contributed by atoms with van der Waals surface area (Å²) in [5.41, 5.74) is 4.70. The smallest absolute Gasteiger partial charge is 0.0438 e. The molecule has 2 aromatic carbocycles. The van der Waals surface area contributed by atoms with E-state index in [1.54, 1.807) is 0 Å². The topological polar surface area (TPSA) is 12.0 Å². The van der Waals surface area contributed by atoms with E-state index in [4.69, 9.17) is 23.2 Å². The third-order valence-electron chi connectivity index (χ3n) is 4.22. The van der Waals surface area contributed by atoms with E-state index in [0.29, 0.717) is 5.92 Å². The Hall–Kier alpha value is -1.02. The van der Waals surface area contributed by atoms with Crippen LogP contribution in [0.3, 0.4) is 0 Å². The molecule has 0 amide bonds. The molecule has 0 fully saturated rings. The molecule has 0 saturated carbocycles. The molecule has 0 saturated heterocycles. The molecule has 1 nitrogen and oxygen atoms in total. The van der Waals surface area contributed by atoms with Gasteiger partial charge < -0.3 is 5.32 Å². The van der Waals surface area contributed by atoms with Gasteiger partial charge in [-0.1, -0.05) is 47.5 Å². The van der Waals surface area contributed by atoms with E-state index in [-0.39, 0.29) is 0 Å². The molecular weight excluding hydrogens is 325 g/mol. The van der Waals surface area contributed by atoms with Crippen LogP contribution in [0, 0.1) is 20.8 Å². The minimum atomic E-state index is 0.304. The van der Waals surface area contributed by atoms with Crippen molar-refractivity contribution in [2.45, 2.75) is 32.6 Å². The van der Waals surface area contributed by atoms with Crippen LogP contribution in [0.15, 0.2) is 36.4 Å². The highest BCUT2D eigenvalue weighted by Gasteiger charge is 2.16. The fraction of sp³-hybridized carbons (Fsp3) is 0.350. The van der Waals surface area contributed by atoms with E-state index >= 15 is 0 Å². The van der Waals surface area contributed by atoms with Gasteiger partial charge in [-0.05, 0) is 81.1 Å². The molecule has 0 bridgehead atoms. The summed E-state index contributed by atoms with van der Waals surface area (Å²) in [6, 6.07) is 12.7. The molecule has 2 rings (SSSR count). The lowest BCUT2D eigenvalue weighted by Crippen LogP contribution is -2.15. The number of rotatable bonds is 7. The Morgan fingerprint density at radius 1 is 0.957 bits per heavy atom. The summed E-state index contributed by atoms with van der Waals surface area (Å²) in [6.07, 6.45) is 2.13. The van der Waals surface area contributed by atoms with Crippen molar-refractivity contribution in [2.75, 3.05) is 13.1 Å². The van der Waals surface area contributed by atoms with Crippen LogP contribution in [0.5, 0.6) is 0 Å². The Bertz CT molecular complexity index is 601. The largest absolute Gasteiger partial charge is 0.317 e. The monoisotopic (exact) mass is 348 g/mol. The zero-order valence-corrected chi connectivity index (χ0v) is 15.3. The van der Waals surface area contributed by atoms with Crippen molar-refractivity contribution in [2.24, 2.45) is 0 Å². The lowest BCUT2D eigenvalue weighted by Gasteiger charge is -2.20. The molecule has 0 heterocycles. The number of benzene rings is 2. The summed E-state index contributed by atoms with van der Waals surface area (Å²) in [5.74, 6) is 0.304. The van der Waals surface area contributed by atoms with Crippen molar-refractivity contribution in [1.29, 1.82) is 0 Å². The highest BCUT2D eigenvalue weighted by molar-refractivity contribution is 6.31. The highest BCUT2D eigenvalue weighted by Crippen LogP contribution is 2.33. The Balaban J connectivity index is 2.29. The first-order chi connectivity index (χ1) is 11.0. The standard InChI is InChI=1S/C20H24Cl2N/c1-4-23-11-5-6-18(16-9-7-14(2)19(21)12-16)17-10-8-15(3)20(22)13-17/h7-10,12-13,18,23H,1,4-6,11H2,2-3H3. The van der Waals surface area contributed by atoms with Gasteiger partial charge >= 0.3 is 0 Å². The number of hydrogen-bond acceptors (Lipinski definition) is 1. The van der Waals surface area contributed by atoms with E-state index in [2.05, 4.69) is 48.6 Å². The Morgan fingerprint density at radius 3 is 1.91 bits per heavy atom. The molecular formula is C20H24Cl2N. The minimum absolute atomic E-state index is 0.304. The van der Waals surface area contributed by atoms with Crippen LogP contribution in [0.25, 0.3) is 0 Å². The zero-order chi connectivity index (χ0) is 16.8. The van der Waals surface area contributed by atoms with Gasteiger partial charge in [0.1, 0.15) is 0 Å². The van der Waals surface area contributed by atoms with Crippen molar-refractivity contribution in [3.8, 4) is 0 Å². The van der Waals surface area contributed by atoms with Gasteiger partial charge in [0.15, 0.2) is 0 Å². The SMILES string of the molecule is [CH2]CNCCCC(c1ccc(C)c(Cl)c1)c1ccc(C)c(Cl)c1. The second-order valence-corrected chi connectivity index (χ2v) is 6.78. The first-order valence-electron chi connectivity index (χ1n) is 8.05. The van der Waals surface area contributed by atoms with Crippen LogP contribution in [0.1, 0.15) is 41.0 Å². The molecule has 0 aliphatic carbocycles. The molecule has 0 unspecified atom stereocenters. The molecule has 0 spiro atoms. The molecule has 1 radical (unpaired) electrons. The van der Waals surface area contributed by atoms with E-state index < -0.39 is 0 Å². The summed E-state index contributed by atoms with van der Waals surface area (Å²) < 4.78 is 0. The van der Waals surface area contributed by atoms with Crippen LogP contribution in [-0.2, 0) is 0 Å². The number of nitrogens with one attached hydrogen (secondary N) is 1. The first-order valence-corrected chi connectivity index (χ1v) is 8.80. The average Bonchev–Trinajstić information content (AvgIpc) is 2.53. The second-order valence-electron chi connectivity index (χ2n) is 5.96. The lowest BCUT2D eigenvalue weighted by atomic mass is 9.86. The second kappa shape index (κ2) is 8.73. The van der Waals surface area contributed by atoms with Crippen LogP contribution in [0.2, 0.25) is 10.0 Å². The fourth-order valence-corrected chi connectivity index (χ4v) is 3.11. The van der Waals surface area contributed by atoms with E-state index in [1.807, 2.05) is 13.8 Å². The van der Waals surface area contributed by atoms with Gasteiger partial charge in [-0.25, -0.2) is 0 Å². The van der Waals surface area contributed by atoms with Gasteiger partial charge in [-0.2, -0.15) is 0 Å². The van der Waals surface area contributed by atoms with Gasteiger partial charge in [0.2, 0.25) is 0 Å². The van der Waals surface area contributed by atoms with Crippen molar-refractivity contribution < 1.29 is 0 Å². The third-order valence-corrected chi connectivity index (χ3v) is 5.03. The van der Waals surface area contributed by atoms with Gasteiger partial charge in [0, 0.05) is 16.0 Å². The zero-order valence-electron chi connectivity index (χ0n) is 13.8. The predicted octanol–water partition coefficient (Wildman–Crippen LogP) is 5.95. The minimum Gasteiger partial charge on any atom is -0.317 e. The summed E-state index contributed by atoms with van der Waals surface area (Å²) in [7, 11) is 0. The van der Waals surface area contributed by atoms with Crippen LogP contribution < -0.4 is 5.32 Å². The molecule has 3 heteroatoms. The van der Waals surface area contributed by atoms with Gasteiger partial charge in [-0.15, -0.1) is 0 Å². The maximum atomic E-state index is 6.34. The van der Waals surface area contributed by atoms with Gasteiger partial charge in [-0.3, -0.25) is 0 Å². The van der Waals surface area contributed by atoms with Gasteiger partial charge in [0.05, 0.1) is 0 Å². The predicted molar refractivity (Wildman–Crippen MR) is 102 cm³/mol. The average molecular weight is 349 g/mol. The van der Waals surface area contributed by atoms with Crippen molar-refractivity contribution in [3.63, 3.8) is 0 Å². The van der Waals surface area contributed by atoms with E-state index in [0.717, 1.165) is 47.1 Å². The van der Waals surface area contributed by atoms with Crippen LogP contribution >= 0.6 is 23.2 Å².